The lowest BCUT2D eigenvalue weighted by Gasteiger charge is -2.12. The molecule has 8 heteroatoms. The molecule has 142 valence electrons. The van der Waals surface area contributed by atoms with Crippen LogP contribution in [0.4, 0.5) is 10.5 Å². The van der Waals surface area contributed by atoms with Crippen molar-refractivity contribution in [3.63, 3.8) is 0 Å². The zero-order chi connectivity index (χ0) is 20.3. The Morgan fingerprint density at radius 1 is 1.14 bits per heavy atom. The number of aryl methyl sites for hydroxylation is 1. The van der Waals surface area contributed by atoms with Gasteiger partial charge in [0.2, 0.25) is 5.91 Å². The molecule has 1 saturated heterocycles. The minimum absolute atomic E-state index is 0.123. The van der Waals surface area contributed by atoms with Crippen LogP contribution in [0, 0.1) is 6.92 Å². The van der Waals surface area contributed by atoms with E-state index in [9.17, 15) is 19.2 Å². The lowest BCUT2D eigenvalue weighted by atomic mass is 10.1. The average Bonchev–Trinajstić information content (AvgIpc) is 2.89. The van der Waals surface area contributed by atoms with E-state index < -0.39 is 23.0 Å². The van der Waals surface area contributed by atoms with Gasteiger partial charge in [0.25, 0.3) is 11.1 Å². The van der Waals surface area contributed by atoms with Crippen molar-refractivity contribution in [1.29, 1.82) is 0 Å². The molecule has 1 heterocycles. The number of carboxylic acids is 1. The second kappa shape index (κ2) is 8.10. The van der Waals surface area contributed by atoms with Crippen molar-refractivity contribution in [3.8, 4) is 0 Å². The Kier molecular flexibility index (Phi) is 5.60. The number of amides is 3. The van der Waals surface area contributed by atoms with Gasteiger partial charge in [-0.2, -0.15) is 0 Å². The summed E-state index contributed by atoms with van der Waals surface area (Å²) in [6.45, 7) is 1.51. The first-order chi connectivity index (χ1) is 13.3. The van der Waals surface area contributed by atoms with Crippen molar-refractivity contribution in [2.75, 3.05) is 11.9 Å². The second-order valence-electron chi connectivity index (χ2n) is 6.11. The number of anilines is 1. The maximum absolute atomic E-state index is 12.5. The van der Waals surface area contributed by atoms with Gasteiger partial charge in [0.15, 0.2) is 0 Å². The quantitative estimate of drug-likeness (QED) is 0.751. The number of benzene rings is 2. The second-order valence-corrected chi connectivity index (χ2v) is 7.11. The van der Waals surface area contributed by atoms with Crippen LogP contribution in [0.3, 0.4) is 0 Å². The molecule has 0 unspecified atom stereocenters. The number of carboxylic acid groups (broad SMARTS) is 1. The van der Waals surface area contributed by atoms with E-state index in [4.69, 9.17) is 5.11 Å². The molecule has 0 radical (unpaired) electrons. The lowest BCUT2D eigenvalue weighted by molar-refractivity contribution is -0.127. The van der Waals surface area contributed by atoms with Crippen LogP contribution in [0.2, 0.25) is 0 Å². The number of hydrogen-bond donors (Lipinski definition) is 2. The van der Waals surface area contributed by atoms with Crippen LogP contribution in [-0.4, -0.2) is 39.6 Å². The summed E-state index contributed by atoms with van der Waals surface area (Å²) in [6, 6.07) is 13.1. The van der Waals surface area contributed by atoms with Crippen molar-refractivity contribution < 1.29 is 24.3 Å². The number of nitrogens with zero attached hydrogens (tertiary/aromatic N) is 1. The van der Waals surface area contributed by atoms with Crippen LogP contribution in [-0.2, 0) is 9.59 Å². The van der Waals surface area contributed by atoms with Crippen LogP contribution in [0.5, 0.6) is 0 Å². The zero-order valence-electron chi connectivity index (χ0n) is 14.8. The zero-order valence-corrected chi connectivity index (χ0v) is 15.7. The average molecular weight is 396 g/mol. The van der Waals surface area contributed by atoms with Crippen LogP contribution in [0.15, 0.2) is 53.4 Å². The predicted molar refractivity (Wildman–Crippen MR) is 106 cm³/mol. The van der Waals surface area contributed by atoms with E-state index >= 15 is 0 Å². The summed E-state index contributed by atoms with van der Waals surface area (Å²) < 4.78 is 0. The van der Waals surface area contributed by atoms with Crippen molar-refractivity contribution in [2.45, 2.75) is 6.92 Å². The Morgan fingerprint density at radius 2 is 1.86 bits per heavy atom. The number of rotatable bonds is 5. The molecule has 0 aliphatic carbocycles. The molecule has 7 nitrogen and oxygen atoms in total. The third-order valence-electron chi connectivity index (χ3n) is 3.93. The van der Waals surface area contributed by atoms with E-state index in [1.165, 1.54) is 18.2 Å². The fraction of sp³-hybridized carbons (Fsp3) is 0.100. The van der Waals surface area contributed by atoms with Gasteiger partial charge < -0.3 is 10.4 Å². The number of aromatic carboxylic acids is 1. The molecule has 0 bridgehead atoms. The monoisotopic (exact) mass is 396 g/mol. The molecule has 0 saturated carbocycles. The van der Waals surface area contributed by atoms with Crippen LogP contribution in [0.25, 0.3) is 6.08 Å². The van der Waals surface area contributed by atoms with Gasteiger partial charge in [0, 0.05) is 5.69 Å². The van der Waals surface area contributed by atoms with Crippen molar-refractivity contribution >= 4 is 46.5 Å². The van der Waals surface area contributed by atoms with Gasteiger partial charge in [-0.3, -0.25) is 19.3 Å². The topological polar surface area (TPSA) is 104 Å². The minimum Gasteiger partial charge on any atom is -0.478 e. The summed E-state index contributed by atoms with van der Waals surface area (Å²) in [7, 11) is 0. The standard InChI is InChI=1S/C20H16N2O5S/c1-12-3-2-4-15(9-12)21-17(23)11-22-18(24)16(28-20(22)27)10-13-5-7-14(8-6-13)19(25)26/h2-10H,11H2,1H3,(H,21,23)(H,25,26). The van der Waals surface area contributed by atoms with Crippen molar-refractivity contribution in [3.05, 3.63) is 70.1 Å². The van der Waals surface area contributed by atoms with Gasteiger partial charge in [0.1, 0.15) is 6.54 Å². The number of hydrogen-bond acceptors (Lipinski definition) is 5. The van der Waals surface area contributed by atoms with E-state index in [0.29, 0.717) is 11.3 Å². The molecule has 0 atom stereocenters. The van der Waals surface area contributed by atoms with Gasteiger partial charge in [-0.25, -0.2) is 4.79 Å². The third-order valence-corrected chi connectivity index (χ3v) is 4.84. The van der Waals surface area contributed by atoms with E-state index in [0.717, 1.165) is 22.2 Å². The van der Waals surface area contributed by atoms with Gasteiger partial charge >= 0.3 is 5.97 Å². The Hall–Kier alpha value is -3.39. The first kappa shape index (κ1) is 19.4. The Morgan fingerprint density at radius 3 is 2.50 bits per heavy atom. The molecule has 0 aromatic heterocycles. The Labute approximate surface area is 165 Å². The number of nitrogens with one attached hydrogen (secondary N) is 1. The molecule has 2 aromatic carbocycles. The fourth-order valence-electron chi connectivity index (χ4n) is 2.58. The molecule has 1 fully saturated rings. The van der Waals surface area contributed by atoms with Gasteiger partial charge in [-0.05, 0) is 60.2 Å². The van der Waals surface area contributed by atoms with Crippen molar-refractivity contribution in [1.82, 2.24) is 4.90 Å². The number of imide groups is 1. The molecule has 28 heavy (non-hydrogen) atoms. The highest BCUT2D eigenvalue weighted by Gasteiger charge is 2.36. The van der Waals surface area contributed by atoms with Gasteiger partial charge in [-0.15, -0.1) is 0 Å². The highest BCUT2D eigenvalue weighted by Crippen LogP contribution is 2.32. The smallest absolute Gasteiger partial charge is 0.335 e. The first-order valence-corrected chi connectivity index (χ1v) is 9.10. The molecule has 1 aliphatic rings. The summed E-state index contributed by atoms with van der Waals surface area (Å²) in [5, 5.41) is 11.0. The molecule has 0 spiro atoms. The van der Waals surface area contributed by atoms with Gasteiger partial charge in [0.05, 0.1) is 10.5 Å². The maximum Gasteiger partial charge on any atom is 0.335 e. The number of thioether (sulfide) groups is 1. The highest BCUT2D eigenvalue weighted by molar-refractivity contribution is 8.18. The van der Waals surface area contributed by atoms with Crippen molar-refractivity contribution in [2.24, 2.45) is 0 Å². The molecule has 2 N–H and O–H groups in total. The Balaban J connectivity index is 1.69. The van der Waals surface area contributed by atoms with Crippen LogP contribution >= 0.6 is 11.8 Å². The van der Waals surface area contributed by atoms with Gasteiger partial charge in [-0.1, -0.05) is 24.3 Å². The third kappa shape index (κ3) is 4.47. The van der Waals surface area contributed by atoms with Crippen LogP contribution < -0.4 is 5.32 Å². The van der Waals surface area contributed by atoms with Crippen LogP contribution in [0.1, 0.15) is 21.5 Å². The largest absolute Gasteiger partial charge is 0.478 e. The summed E-state index contributed by atoms with van der Waals surface area (Å²) in [5.74, 6) is -2.08. The normalized spacial score (nSPS) is 15.2. The molecular formula is C20H16N2O5S. The molecule has 3 rings (SSSR count). The van der Waals surface area contributed by atoms with E-state index in [1.54, 1.807) is 30.3 Å². The van der Waals surface area contributed by atoms with E-state index in [1.807, 2.05) is 13.0 Å². The Bertz CT molecular complexity index is 998. The predicted octanol–water partition coefficient (Wildman–Crippen LogP) is 3.37. The summed E-state index contributed by atoms with van der Waals surface area (Å²) >= 11 is 0.740. The minimum atomic E-state index is -1.05. The number of carbonyl (C=O) groups excluding carboxylic acids is 3. The SMILES string of the molecule is Cc1cccc(NC(=O)CN2C(=O)SC(=Cc3ccc(C(=O)O)cc3)C2=O)c1. The maximum atomic E-state index is 12.5. The highest BCUT2D eigenvalue weighted by atomic mass is 32.2. The number of carbonyl (C=O) groups is 4. The molecule has 3 amide bonds. The lowest BCUT2D eigenvalue weighted by Crippen LogP contribution is -2.36. The molecular weight excluding hydrogens is 380 g/mol. The summed E-state index contributed by atoms with van der Waals surface area (Å²) in [5.41, 5.74) is 2.27. The van der Waals surface area contributed by atoms with E-state index in [-0.39, 0.29) is 17.0 Å². The molecule has 1 aliphatic heterocycles. The fourth-order valence-corrected chi connectivity index (χ4v) is 3.41. The molecule has 2 aromatic rings. The summed E-state index contributed by atoms with van der Waals surface area (Å²) in [4.78, 5) is 48.8. The first-order valence-electron chi connectivity index (χ1n) is 8.29. The van der Waals surface area contributed by atoms with E-state index in [2.05, 4.69) is 5.32 Å². The summed E-state index contributed by atoms with van der Waals surface area (Å²) in [6.07, 6.45) is 1.50.